The van der Waals surface area contributed by atoms with E-state index in [2.05, 4.69) is 0 Å². The molecule has 1 heterocycles. The van der Waals surface area contributed by atoms with E-state index in [0.717, 1.165) is 11.8 Å². The van der Waals surface area contributed by atoms with Crippen molar-refractivity contribution in [1.29, 1.82) is 0 Å². The van der Waals surface area contributed by atoms with Crippen molar-refractivity contribution >= 4 is 15.8 Å². The van der Waals surface area contributed by atoms with Gasteiger partial charge in [0.05, 0.1) is 17.6 Å². The van der Waals surface area contributed by atoms with Gasteiger partial charge in [0, 0.05) is 24.9 Å². The fraction of sp³-hybridized carbons (Fsp3) is 0.316. The molecule has 0 amide bonds. The van der Waals surface area contributed by atoms with Gasteiger partial charge < -0.3 is 9.84 Å². The number of hydrogen-bond donors (Lipinski definition) is 1. The topological polar surface area (TPSA) is 83.9 Å². The van der Waals surface area contributed by atoms with Crippen LogP contribution in [0.15, 0.2) is 53.4 Å². The minimum atomic E-state index is -3.30. The molecule has 2 aromatic rings. The summed E-state index contributed by atoms with van der Waals surface area (Å²) < 4.78 is 43.1. The molecule has 1 fully saturated rings. The molecule has 2 unspecified atom stereocenters. The van der Waals surface area contributed by atoms with E-state index in [1.807, 2.05) is 0 Å². The Labute approximate surface area is 157 Å². The van der Waals surface area contributed by atoms with E-state index in [4.69, 9.17) is 4.74 Å². The second-order valence-corrected chi connectivity index (χ2v) is 8.47. The van der Waals surface area contributed by atoms with Gasteiger partial charge >= 0.3 is 5.97 Å². The van der Waals surface area contributed by atoms with E-state index in [9.17, 15) is 22.7 Å². The van der Waals surface area contributed by atoms with Gasteiger partial charge in [0.2, 0.25) is 0 Å². The van der Waals surface area contributed by atoms with Gasteiger partial charge in [-0.3, -0.25) is 9.69 Å². The van der Waals surface area contributed by atoms with Crippen molar-refractivity contribution in [2.45, 2.75) is 17.0 Å². The van der Waals surface area contributed by atoms with Crippen LogP contribution in [0.2, 0.25) is 0 Å². The minimum Gasteiger partial charge on any atom is -0.480 e. The van der Waals surface area contributed by atoms with Gasteiger partial charge in [-0.2, -0.15) is 0 Å². The van der Waals surface area contributed by atoms with Crippen LogP contribution in [0.5, 0.6) is 0 Å². The zero-order chi connectivity index (χ0) is 19.6. The minimum absolute atomic E-state index is 0.109. The van der Waals surface area contributed by atoms with E-state index in [1.54, 1.807) is 23.1 Å². The number of carbonyl (C=O) groups is 1. The lowest BCUT2D eigenvalue weighted by Crippen LogP contribution is -2.43. The molecule has 0 aliphatic carbocycles. The molecule has 2 atom stereocenters. The van der Waals surface area contributed by atoms with Crippen molar-refractivity contribution in [1.82, 2.24) is 4.90 Å². The number of halogens is 1. The highest BCUT2D eigenvalue weighted by atomic mass is 32.2. The van der Waals surface area contributed by atoms with E-state index in [0.29, 0.717) is 6.54 Å². The second kappa shape index (κ2) is 7.75. The van der Waals surface area contributed by atoms with Gasteiger partial charge in [-0.1, -0.05) is 30.3 Å². The molecular formula is C19H20FNO5S. The molecule has 0 bridgehead atoms. The van der Waals surface area contributed by atoms with E-state index >= 15 is 0 Å². The van der Waals surface area contributed by atoms with Crippen molar-refractivity contribution < 1.29 is 27.4 Å². The normalized spacial score (nSPS) is 19.6. The predicted molar refractivity (Wildman–Crippen MR) is 96.6 cm³/mol. The summed E-state index contributed by atoms with van der Waals surface area (Å²) in [6, 6.07) is 11.0. The second-order valence-electron chi connectivity index (χ2n) is 6.46. The molecule has 8 heteroatoms. The van der Waals surface area contributed by atoms with Crippen LogP contribution in [0, 0.1) is 5.82 Å². The average molecular weight is 393 g/mol. The number of ether oxygens (including phenoxy) is 1. The van der Waals surface area contributed by atoms with Gasteiger partial charge in [-0.15, -0.1) is 0 Å². The van der Waals surface area contributed by atoms with Crippen molar-refractivity contribution in [3.8, 4) is 0 Å². The third-order valence-corrected chi connectivity index (χ3v) is 5.71. The van der Waals surface area contributed by atoms with Crippen molar-refractivity contribution in [2.75, 3.05) is 26.0 Å². The van der Waals surface area contributed by atoms with E-state index in [-0.39, 0.29) is 23.6 Å². The van der Waals surface area contributed by atoms with Crippen LogP contribution in [-0.2, 0) is 19.4 Å². The Bertz CT molecular complexity index is 929. The average Bonchev–Trinajstić information content (AvgIpc) is 2.63. The molecule has 3 rings (SSSR count). The highest BCUT2D eigenvalue weighted by Crippen LogP contribution is 2.30. The van der Waals surface area contributed by atoms with E-state index in [1.165, 1.54) is 30.3 Å². The summed E-state index contributed by atoms with van der Waals surface area (Å²) in [5, 5.41) is 9.67. The van der Waals surface area contributed by atoms with Crippen LogP contribution in [0.4, 0.5) is 4.39 Å². The van der Waals surface area contributed by atoms with Crippen molar-refractivity contribution in [2.24, 2.45) is 0 Å². The summed E-state index contributed by atoms with van der Waals surface area (Å²) in [5.41, 5.74) is 0.850. The lowest BCUT2D eigenvalue weighted by atomic mass is 10.0. The maximum Gasteiger partial charge on any atom is 0.325 e. The predicted octanol–water partition coefficient (Wildman–Crippen LogP) is 2.43. The maximum absolute atomic E-state index is 14.2. The standard InChI is InChI=1S/C19H20FNO5S/c1-27(24,25)14-8-6-13(7-9-14)17-12-21(10-11-26-17)18(19(22)23)15-4-2-3-5-16(15)20/h2-9,17-18H,10-12H2,1H3,(H,22,23). The molecule has 6 nitrogen and oxygen atoms in total. The first-order chi connectivity index (χ1) is 12.8. The lowest BCUT2D eigenvalue weighted by molar-refractivity contribution is -0.147. The fourth-order valence-corrected chi connectivity index (χ4v) is 3.85. The van der Waals surface area contributed by atoms with Crippen LogP contribution in [0.3, 0.4) is 0 Å². The molecule has 1 aliphatic rings. The number of rotatable bonds is 5. The monoisotopic (exact) mass is 393 g/mol. The molecule has 2 aromatic carbocycles. The first kappa shape index (κ1) is 19.5. The molecular weight excluding hydrogens is 373 g/mol. The Morgan fingerprint density at radius 1 is 1.22 bits per heavy atom. The zero-order valence-corrected chi connectivity index (χ0v) is 15.5. The smallest absolute Gasteiger partial charge is 0.325 e. The van der Waals surface area contributed by atoms with Crippen molar-refractivity contribution in [3.05, 3.63) is 65.5 Å². The number of benzene rings is 2. The largest absolute Gasteiger partial charge is 0.480 e. The van der Waals surface area contributed by atoms with Gasteiger partial charge in [-0.25, -0.2) is 12.8 Å². The highest BCUT2D eigenvalue weighted by Gasteiger charge is 2.34. The molecule has 144 valence electrons. The summed E-state index contributed by atoms with van der Waals surface area (Å²) in [6.45, 7) is 0.892. The Morgan fingerprint density at radius 2 is 1.89 bits per heavy atom. The molecule has 0 radical (unpaired) electrons. The van der Waals surface area contributed by atoms with Crippen LogP contribution < -0.4 is 0 Å². The maximum atomic E-state index is 14.2. The molecule has 1 N–H and O–H groups in total. The zero-order valence-electron chi connectivity index (χ0n) is 14.7. The Kier molecular flexibility index (Phi) is 5.59. The van der Waals surface area contributed by atoms with Crippen molar-refractivity contribution in [3.63, 3.8) is 0 Å². The summed E-state index contributed by atoms with van der Waals surface area (Å²) in [5.74, 6) is -1.70. The number of sulfone groups is 1. The molecule has 0 spiro atoms. The first-order valence-corrected chi connectivity index (χ1v) is 10.3. The molecule has 1 saturated heterocycles. The third kappa shape index (κ3) is 4.35. The fourth-order valence-electron chi connectivity index (χ4n) is 3.22. The summed E-state index contributed by atoms with van der Waals surface area (Å²) in [4.78, 5) is 13.7. The van der Waals surface area contributed by atoms with Gasteiger partial charge in [0.15, 0.2) is 9.84 Å². The number of morpholine rings is 1. The number of hydrogen-bond acceptors (Lipinski definition) is 5. The SMILES string of the molecule is CS(=O)(=O)c1ccc(C2CN(C(C(=O)O)c3ccccc3F)CCO2)cc1. The number of nitrogens with zero attached hydrogens (tertiary/aromatic N) is 1. The number of carboxylic acids is 1. The lowest BCUT2D eigenvalue weighted by Gasteiger charge is -2.36. The molecule has 27 heavy (non-hydrogen) atoms. The number of carboxylic acid groups (broad SMARTS) is 1. The Hall–Kier alpha value is -2.29. The van der Waals surface area contributed by atoms with Gasteiger partial charge in [-0.05, 0) is 23.8 Å². The first-order valence-electron chi connectivity index (χ1n) is 8.40. The molecule has 1 aliphatic heterocycles. The summed E-state index contributed by atoms with van der Waals surface area (Å²) in [7, 11) is -3.30. The summed E-state index contributed by atoms with van der Waals surface area (Å²) >= 11 is 0. The number of aliphatic carboxylic acids is 1. The van der Waals surface area contributed by atoms with E-state index < -0.39 is 33.8 Å². The van der Waals surface area contributed by atoms with Crippen LogP contribution in [0.25, 0.3) is 0 Å². The van der Waals surface area contributed by atoms with Gasteiger partial charge in [0.25, 0.3) is 0 Å². The summed E-state index contributed by atoms with van der Waals surface area (Å²) in [6.07, 6.45) is 0.702. The van der Waals surface area contributed by atoms with Gasteiger partial charge in [0.1, 0.15) is 11.9 Å². The Balaban J connectivity index is 1.84. The van der Waals surface area contributed by atoms with Crippen LogP contribution >= 0.6 is 0 Å². The third-order valence-electron chi connectivity index (χ3n) is 4.58. The van der Waals surface area contributed by atoms with Crippen LogP contribution in [0.1, 0.15) is 23.3 Å². The highest BCUT2D eigenvalue weighted by molar-refractivity contribution is 7.90. The van der Waals surface area contributed by atoms with Crippen LogP contribution in [-0.4, -0.2) is 50.3 Å². The quantitative estimate of drug-likeness (QED) is 0.840. The molecule has 0 saturated carbocycles. The Morgan fingerprint density at radius 3 is 2.48 bits per heavy atom. The molecule has 0 aromatic heterocycles.